The van der Waals surface area contributed by atoms with Gasteiger partial charge in [-0.1, -0.05) is 54.6 Å². The SMILES string of the molecule is CCC(C)n1nnc2c1-c1ccccc1N(C)Cc1ccccc1-2. The molecule has 122 valence electrons. The minimum absolute atomic E-state index is 0.311. The van der Waals surface area contributed by atoms with Gasteiger partial charge in [-0.15, -0.1) is 5.10 Å². The van der Waals surface area contributed by atoms with Gasteiger partial charge in [0.1, 0.15) is 5.69 Å². The van der Waals surface area contributed by atoms with E-state index in [9.17, 15) is 0 Å². The molecule has 1 atom stereocenters. The zero-order chi connectivity index (χ0) is 16.7. The zero-order valence-corrected chi connectivity index (χ0v) is 14.4. The normalized spacial score (nSPS) is 14.2. The van der Waals surface area contributed by atoms with E-state index in [1.807, 2.05) is 0 Å². The quantitative estimate of drug-likeness (QED) is 0.696. The van der Waals surface area contributed by atoms with Crippen molar-refractivity contribution in [3.8, 4) is 22.5 Å². The Morgan fingerprint density at radius 2 is 1.75 bits per heavy atom. The fourth-order valence-corrected chi connectivity index (χ4v) is 3.44. The van der Waals surface area contributed by atoms with Crippen molar-refractivity contribution in [1.29, 1.82) is 0 Å². The van der Waals surface area contributed by atoms with Crippen molar-refractivity contribution in [3.05, 3.63) is 54.1 Å². The lowest BCUT2D eigenvalue weighted by molar-refractivity contribution is 0.469. The molecule has 0 aliphatic carbocycles. The van der Waals surface area contributed by atoms with Crippen LogP contribution in [0, 0.1) is 0 Å². The largest absolute Gasteiger partial charge is 0.370 e. The molecule has 1 aliphatic rings. The molecule has 3 aromatic rings. The van der Waals surface area contributed by atoms with Crippen LogP contribution in [0.3, 0.4) is 0 Å². The van der Waals surface area contributed by atoms with Crippen molar-refractivity contribution in [2.24, 2.45) is 0 Å². The lowest BCUT2D eigenvalue weighted by Gasteiger charge is -2.27. The van der Waals surface area contributed by atoms with Crippen LogP contribution >= 0.6 is 0 Å². The van der Waals surface area contributed by atoms with Crippen molar-refractivity contribution >= 4 is 5.69 Å². The summed E-state index contributed by atoms with van der Waals surface area (Å²) in [5.74, 6) is 0. The first kappa shape index (κ1) is 14.9. The highest BCUT2D eigenvalue weighted by Crippen LogP contribution is 2.41. The van der Waals surface area contributed by atoms with Crippen LogP contribution in [0.25, 0.3) is 22.5 Å². The summed E-state index contributed by atoms with van der Waals surface area (Å²) in [6.07, 6.45) is 1.02. The first-order chi connectivity index (χ1) is 11.7. The summed E-state index contributed by atoms with van der Waals surface area (Å²) >= 11 is 0. The molecule has 0 bridgehead atoms. The third kappa shape index (κ3) is 2.21. The van der Waals surface area contributed by atoms with Crippen LogP contribution in [0.2, 0.25) is 0 Å². The van der Waals surface area contributed by atoms with Gasteiger partial charge in [-0.05, 0) is 25.0 Å². The van der Waals surface area contributed by atoms with Gasteiger partial charge in [0.05, 0.1) is 11.7 Å². The summed E-state index contributed by atoms with van der Waals surface area (Å²) in [5, 5.41) is 9.11. The van der Waals surface area contributed by atoms with E-state index in [4.69, 9.17) is 0 Å². The summed E-state index contributed by atoms with van der Waals surface area (Å²) < 4.78 is 2.09. The first-order valence-corrected chi connectivity index (χ1v) is 8.54. The molecule has 0 N–H and O–H groups in total. The van der Waals surface area contributed by atoms with Crippen LogP contribution < -0.4 is 4.90 Å². The molecule has 1 aliphatic heterocycles. The lowest BCUT2D eigenvalue weighted by Crippen LogP contribution is -2.20. The Morgan fingerprint density at radius 3 is 2.54 bits per heavy atom. The molecule has 24 heavy (non-hydrogen) atoms. The van der Waals surface area contributed by atoms with Crippen LogP contribution in [0.5, 0.6) is 0 Å². The number of aromatic nitrogens is 3. The molecule has 0 saturated heterocycles. The second kappa shape index (κ2) is 5.78. The van der Waals surface area contributed by atoms with E-state index in [0.717, 1.165) is 24.4 Å². The molecule has 4 rings (SSSR count). The van der Waals surface area contributed by atoms with Crippen LogP contribution in [0.1, 0.15) is 31.9 Å². The molecule has 1 unspecified atom stereocenters. The average Bonchev–Trinajstić information content (AvgIpc) is 3.04. The van der Waals surface area contributed by atoms with E-state index >= 15 is 0 Å². The number of fused-ring (bicyclic) bond motifs is 5. The number of hydrogen-bond acceptors (Lipinski definition) is 3. The number of hydrogen-bond donors (Lipinski definition) is 0. The van der Waals surface area contributed by atoms with Crippen LogP contribution in [0.15, 0.2) is 48.5 Å². The van der Waals surface area contributed by atoms with E-state index in [2.05, 4.69) is 89.3 Å². The van der Waals surface area contributed by atoms with Gasteiger partial charge in [0.15, 0.2) is 0 Å². The second-order valence-corrected chi connectivity index (χ2v) is 6.52. The van der Waals surface area contributed by atoms with E-state index in [0.29, 0.717) is 6.04 Å². The van der Waals surface area contributed by atoms with Crippen LogP contribution in [0.4, 0.5) is 5.69 Å². The van der Waals surface area contributed by atoms with Gasteiger partial charge in [0.2, 0.25) is 0 Å². The van der Waals surface area contributed by atoms with Gasteiger partial charge in [-0.2, -0.15) is 0 Å². The molecular formula is C20H22N4. The third-order valence-electron chi connectivity index (χ3n) is 4.95. The standard InChI is InChI=1S/C20H22N4/c1-4-14(2)24-20-17-11-7-8-12-18(17)23(3)13-15-9-5-6-10-16(15)19(20)21-22-24/h5-12,14H,4,13H2,1-3H3. The van der Waals surface area contributed by atoms with Crippen molar-refractivity contribution in [2.75, 3.05) is 11.9 Å². The fourth-order valence-electron chi connectivity index (χ4n) is 3.44. The molecule has 4 nitrogen and oxygen atoms in total. The molecule has 0 spiro atoms. The Kier molecular flexibility index (Phi) is 3.60. The van der Waals surface area contributed by atoms with Gasteiger partial charge < -0.3 is 4.90 Å². The van der Waals surface area contributed by atoms with Gasteiger partial charge in [-0.25, -0.2) is 4.68 Å². The van der Waals surface area contributed by atoms with Crippen LogP contribution in [-0.4, -0.2) is 22.0 Å². The maximum absolute atomic E-state index is 4.59. The minimum atomic E-state index is 0.311. The third-order valence-corrected chi connectivity index (χ3v) is 4.95. The molecule has 0 amide bonds. The van der Waals surface area contributed by atoms with Gasteiger partial charge in [0, 0.05) is 30.4 Å². The highest BCUT2D eigenvalue weighted by molar-refractivity contribution is 5.88. The van der Waals surface area contributed by atoms with Crippen molar-refractivity contribution in [1.82, 2.24) is 15.0 Å². The summed E-state index contributed by atoms with van der Waals surface area (Å²) in [7, 11) is 2.15. The Morgan fingerprint density at radius 1 is 1.04 bits per heavy atom. The molecule has 1 aromatic heterocycles. The van der Waals surface area contributed by atoms with Gasteiger partial charge >= 0.3 is 0 Å². The Labute approximate surface area is 142 Å². The first-order valence-electron chi connectivity index (χ1n) is 8.54. The number of benzene rings is 2. The summed E-state index contributed by atoms with van der Waals surface area (Å²) in [6.45, 7) is 5.25. The fraction of sp³-hybridized carbons (Fsp3) is 0.300. The molecule has 2 aromatic carbocycles. The Balaban J connectivity index is 2.08. The van der Waals surface area contributed by atoms with E-state index < -0.39 is 0 Å². The smallest absolute Gasteiger partial charge is 0.121 e. The molecule has 0 fully saturated rings. The number of para-hydroxylation sites is 1. The van der Waals surface area contributed by atoms with Crippen molar-refractivity contribution in [2.45, 2.75) is 32.9 Å². The highest BCUT2D eigenvalue weighted by Gasteiger charge is 2.26. The van der Waals surface area contributed by atoms with E-state index in [1.54, 1.807) is 0 Å². The maximum Gasteiger partial charge on any atom is 0.121 e. The number of rotatable bonds is 2. The van der Waals surface area contributed by atoms with Crippen LogP contribution in [-0.2, 0) is 6.54 Å². The molecule has 0 radical (unpaired) electrons. The topological polar surface area (TPSA) is 34.0 Å². The maximum atomic E-state index is 4.59. The second-order valence-electron chi connectivity index (χ2n) is 6.52. The predicted octanol–water partition coefficient (Wildman–Crippen LogP) is 4.53. The van der Waals surface area contributed by atoms with Gasteiger partial charge in [-0.3, -0.25) is 0 Å². The average molecular weight is 318 g/mol. The molecular weight excluding hydrogens is 296 g/mol. The highest BCUT2D eigenvalue weighted by atomic mass is 15.4. The summed E-state index contributed by atoms with van der Waals surface area (Å²) in [5.41, 5.74) is 7.01. The lowest BCUT2D eigenvalue weighted by atomic mass is 9.95. The van der Waals surface area contributed by atoms with Crippen molar-refractivity contribution < 1.29 is 0 Å². The predicted molar refractivity (Wildman–Crippen MR) is 98.0 cm³/mol. The Hall–Kier alpha value is -2.62. The summed E-state index contributed by atoms with van der Waals surface area (Å²) in [6, 6.07) is 17.4. The minimum Gasteiger partial charge on any atom is -0.370 e. The number of anilines is 1. The van der Waals surface area contributed by atoms with Crippen molar-refractivity contribution in [3.63, 3.8) is 0 Å². The molecule has 0 saturated carbocycles. The van der Waals surface area contributed by atoms with E-state index in [1.165, 1.54) is 22.4 Å². The molecule has 4 heteroatoms. The summed E-state index contributed by atoms with van der Waals surface area (Å²) in [4.78, 5) is 2.31. The van der Waals surface area contributed by atoms with Gasteiger partial charge in [0.25, 0.3) is 0 Å². The number of nitrogens with zero attached hydrogens (tertiary/aromatic N) is 4. The zero-order valence-electron chi connectivity index (χ0n) is 14.4. The van der Waals surface area contributed by atoms with E-state index in [-0.39, 0.29) is 0 Å². The molecule has 2 heterocycles. The Bertz CT molecular complexity index is 881. The monoisotopic (exact) mass is 318 g/mol.